The molecule has 2 rings (SSSR count). The van der Waals surface area contributed by atoms with Crippen molar-refractivity contribution in [1.29, 1.82) is 0 Å². The highest BCUT2D eigenvalue weighted by Gasteiger charge is 2.36. The molecule has 0 fully saturated rings. The number of hydrogen-bond acceptors (Lipinski definition) is 8. The topological polar surface area (TPSA) is 193 Å². The lowest BCUT2D eigenvalue weighted by Gasteiger charge is -2.29. The molecule has 2 atom stereocenters. The van der Waals surface area contributed by atoms with Gasteiger partial charge in [0.15, 0.2) is 0 Å². The number of nitro benzene ring substituents is 1. The van der Waals surface area contributed by atoms with Crippen LogP contribution in [0.1, 0.15) is 58.9 Å². The summed E-state index contributed by atoms with van der Waals surface area (Å²) >= 11 is 0. The number of nitrogens with zero attached hydrogens (tertiary/aromatic N) is 2. The molecule has 0 bridgehead atoms. The number of sulfonamides is 2. The maximum Gasteiger partial charge on any atom is 0.322 e. The Hall–Kier alpha value is -3.40. The van der Waals surface area contributed by atoms with Gasteiger partial charge in [0.25, 0.3) is 5.69 Å². The monoisotopic (exact) mass is 654 g/mol. The van der Waals surface area contributed by atoms with Crippen LogP contribution in [0.5, 0.6) is 0 Å². The number of carbonyl (C=O) groups is 2. The molecule has 0 saturated heterocycles. The van der Waals surface area contributed by atoms with Crippen molar-refractivity contribution in [2.45, 2.75) is 82.2 Å². The maximum atomic E-state index is 13.4. The predicted molar refractivity (Wildman–Crippen MR) is 165 cm³/mol. The van der Waals surface area contributed by atoms with E-state index in [4.69, 9.17) is 0 Å². The molecule has 0 saturated carbocycles. The van der Waals surface area contributed by atoms with Crippen molar-refractivity contribution >= 4 is 37.6 Å². The van der Waals surface area contributed by atoms with Gasteiger partial charge in [0.2, 0.25) is 26.0 Å². The zero-order chi connectivity index (χ0) is 33.2. The summed E-state index contributed by atoms with van der Waals surface area (Å²) in [6.07, 6.45) is 0.781. The second-order valence-corrected chi connectivity index (χ2v) is 15.1. The van der Waals surface area contributed by atoms with Crippen LogP contribution in [0.15, 0.2) is 58.3 Å². The first-order valence-corrected chi connectivity index (χ1v) is 17.2. The Balaban J connectivity index is 2.07. The van der Waals surface area contributed by atoms with E-state index >= 15 is 0 Å². The van der Waals surface area contributed by atoms with Crippen molar-refractivity contribution in [3.8, 4) is 0 Å². The number of non-ortho nitro benzene ring substituents is 1. The minimum absolute atomic E-state index is 0.00517. The van der Waals surface area contributed by atoms with Crippen LogP contribution >= 0.6 is 0 Å². The van der Waals surface area contributed by atoms with Crippen molar-refractivity contribution < 1.29 is 36.5 Å². The number of hydrogen-bond donors (Lipinski definition) is 3. The Morgan fingerprint density at radius 1 is 0.909 bits per heavy atom. The van der Waals surface area contributed by atoms with Crippen LogP contribution < -0.4 is 10.0 Å². The van der Waals surface area contributed by atoms with Gasteiger partial charge in [0, 0.05) is 25.2 Å². The summed E-state index contributed by atoms with van der Waals surface area (Å²) in [5, 5.41) is 23.5. The molecule has 0 aliphatic heterocycles. The van der Waals surface area contributed by atoms with Gasteiger partial charge in [-0.3, -0.25) is 19.7 Å². The number of nitro groups is 1. The number of amides is 1. The van der Waals surface area contributed by atoms with Gasteiger partial charge < -0.3 is 10.4 Å². The number of carboxylic acids is 1. The Bertz CT molecular complexity index is 1490. The van der Waals surface area contributed by atoms with Gasteiger partial charge >= 0.3 is 5.97 Å². The highest BCUT2D eigenvalue weighted by Crippen LogP contribution is 2.23. The Kier molecular flexibility index (Phi) is 13.4. The van der Waals surface area contributed by atoms with Crippen LogP contribution in [-0.2, 0) is 29.6 Å². The smallest absolute Gasteiger partial charge is 0.322 e. The third kappa shape index (κ3) is 10.6. The van der Waals surface area contributed by atoms with Gasteiger partial charge in [-0.15, -0.1) is 0 Å². The zero-order valence-corrected chi connectivity index (χ0v) is 27.2. The first-order chi connectivity index (χ1) is 20.5. The van der Waals surface area contributed by atoms with Crippen molar-refractivity contribution in [1.82, 2.24) is 14.3 Å². The largest absolute Gasteiger partial charge is 0.480 e. The molecule has 0 radical (unpaired) electrons. The number of carbonyl (C=O) groups excluding carboxylic acids is 1. The molecule has 44 heavy (non-hydrogen) atoms. The van der Waals surface area contributed by atoms with Gasteiger partial charge in [-0.2, -0.15) is 9.03 Å². The first kappa shape index (κ1) is 36.8. The van der Waals surface area contributed by atoms with Crippen molar-refractivity contribution in [2.75, 3.05) is 13.1 Å². The molecular weight excluding hydrogens is 612 g/mol. The number of nitrogens with one attached hydrogen (secondary N) is 2. The molecule has 0 heterocycles. The quantitative estimate of drug-likeness (QED) is 0.122. The molecule has 0 aromatic heterocycles. The predicted octanol–water partition coefficient (Wildman–Crippen LogP) is 3.68. The van der Waals surface area contributed by atoms with Gasteiger partial charge in [-0.05, 0) is 68.7 Å². The number of carboxylic acid groups (broad SMARTS) is 1. The lowest BCUT2D eigenvalue weighted by Crippen LogP contribution is -2.47. The number of aryl methyl sites for hydroxylation is 1. The highest BCUT2D eigenvalue weighted by atomic mass is 32.2. The normalized spacial score (nSPS) is 13.6. The van der Waals surface area contributed by atoms with E-state index in [-0.39, 0.29) is 59.7 Å². The average Bonchev–Trinajstić information content (AvgIpc) is 2.93. The molecular formula is C29H42N4O9S2. The van der Waals surface area contributed by atoms with Crippen LogP contribution in [-0.4, -0.2) is 68.2 Å². The van der Waals surface area contributed by atoms with E-state index in [0.717, 1.165) is 34.1 Å². The van der Waals surface area contributed by atoms with E-state index in [1.165, 1.54) is 12.1 Å². The molecule has 3 N–H and O–H groups in total. The summed E-state index contributed by atoms with van der Waals surface area (Å²) in [4.78, 5) is 35.2. The van der Waals surface area contributed by atoms with Crippen molar-refractivity contribution in [2.24, 2.45) is 11.8 Å². The van der Waals surface area contributed by atoms with Gasteiger partial charge in [0.05, 0.1) is 14.7 Å². The molecule has 15 heteroatoms. The summed E-state index contributed by atoms with van der Waals surface area (Å²) in [5.41, 5.74) is 0.594. The molecule has 244 valence electrons. The summed E-state index contributed by atoms with van der Waals surface area (Å²) in [7, 11) is -8.27. The van der Waals surface area contributed by atoms with Gasteiger partial charge in [-0.1, -0.05) is 45.4 Å². The van der Waals surface area contributed by atoms with Crippen LogP contribution in [0.3, 0.4) is 0 Å². The van der Waals surface area contributed by atoms with Crippen LogP contribution in [0.2, 0.25) is 0 Å². The summed E-state index contributed by atoms with van der Waals surface area (Å²) in [5.74, 6) is -2.04. The molecule has 0 aliphatic rings. The molecule has 2 aromatic carbocycles. The van der Waals surface area contributed by atoms with E-state index in [1.807, 2.05) is 20.8 Å². The fraction of sp³-hybridized carbons (Fsp3) is 0.517. The summed E-state index contributed by atoms with van der Waals surface area (Å²) in [6, 6.07) is 8.07. The van der Waals surface area contributed by atoms with E-state index < -0.39 is 48.9 Å². The number of rotatable bonds is 18. The highest BCUT2D eigenvalue weighted by molar-refractivity contribution is 7.89. The summed E-state index contributed by atoms with van der Waals surface area (Å²) < 4.78 is 56.1. The average molecular weight is 655 g/mol. The molecule has 2 aromatic rings. The SMILES string of the molecule is Cc1ccc(S(=O)(=O)N(CC(C)C)[C@@H](CCCCNC(=O)[C@H](CC(C)C)NS(=O)(=O)c2ccc([N+](=O)[O-])cc2)C(=O)O)cc1. The fourth-order valence-electron chi connectivity index (χ4n) is 4.47. The number of benzene rings is 2. The second-order valence-electron chi connectivity index (χ2n) is 11.5. The van der Waals surface area contributed by atoms with Crippen LogP contribution in [0.25, 0.3) is 0 Å². The molecule has 0 aliphatic carbocycles. The Morgan fingerprint density at radius 2 is 1.48 bits per heavy atom. The van der Waals surface area contributed by atoms with E-state index in [9.17, 15) is 41.6 Å². The zero-order valence-electron chi connectivity index (χ0n) is 25.6. The lowest BCUT2D eigenvalue weighted by atomic mass is 10.0. The standard InChI is InChI=1S/C29H42N4O9S2/c1-20(2)18-26(31-43(39,40)24-15-11-23(12-16-24)33(37)38)28(34)30-17-7-6-8-27(29(35)36)32(19-21(3)4)44(41,42)25-13-9-22(5)10-14-25/h9-16,20-21,26-27,31H,6-8,17-19H2,1-5H3,(H,30,34)(H,35,36)/t26-,27-/m0/s1. The molecule has 1 amide bonds. The molecule has 13 nitrogen and oxygen atoms in total. The minimum Gasteiger partial charge on any atom is -0.480 e. The van der Waals surface area contributed by atoms with Crippen molar-refractivity contribution in [3.05, 3.63) is 64.2 Å². The number of unbranched alkanes of at least 4 members (excludes halogenated alkanes) is 1. The third-order valence-corrected chi connectivity index (χ3v) is 10.1. The fourth-order valence-corrected chi connectivity index (χ4v) is 7.45. The van der Waals surface area contributed by atoms with E-state index in [0.29, 0.717) is 6.42 Å². The Labute approximate surface area is 259 Å². The lowest BCUT2D eigenvalue weighted by molar-refractivity contribution is -0.384. The third-order valence-electron chi connectivity index (χ3n) is 6.69. The summed E-state index contributed by atoms with van der Waals surface area (Å²) in [6.45, 7) is 9.18. The van der Waals surface area contributed by atoms with Crippen molar-refractivity contribution in [3.63, 3.8) is 0 Å². The minimum atomic E-state index is -4.17. The molecule has 0 unspecified atom stereocenters. The number of aliphatic carboxylic acids is 1. The van der Waals surface area contributed by atoms with E-state index in [2.05, 4.69) is 10.0 Å². The van der Waals surface area contributed by atoms with Gasteiger partial charge in [-0.25, -0.2) is 16.8 Å². The Morgan fingerprint density at radius 3 is 1.98 bits per heavy atom. The van der Waals surface area contributed by atoms with E-state index in [1.54, 1.807) is 26.0 Å². The maximum absolute atomic E-state index is 13.4. The second kappa shape index (κ2) is 16.1. The van der Waals surface area contributed by atoms with Crippen LogP contribution in [0.4, 0.5) is 5.69 Å². The van der Waals surface area contributed by atoms with Crippen LogP contribution in [0, 0.1) is 28.9 Å². The molecule has 0 spiro atoms. The van der Waals surface area contributed by atoms with Gasteiger partial charge in [0.1, 0.15) is 12.1 Å². The first-order valence-electron chi connectivity index (χ1n) is 14.3.